The van der Waals surface area contributed by atoms with Crippen LogP contribution in [0, 0.1) is 0 Å². The van der Waals surface area contributed by atoms with Crippen molar-refractivity contribution in [2.24, 2.45) is 0 Å². The fourth-order valence-corrected chi connectivity index (χ4v) is 4.40. The van der Waals surface area contributed by atoms with Crippen LogP contribution in [0.1, 0.15) is 11.1 Å². The molecule has 1 aromatic rings. The Morgan fingerprint density at radius 2 is 1.15 bits per heavy atom. The fourth-order valence-electron chi connectivity index (χ4n) is 1.57. The maximum atomic E-state index is 12.7. The SMILES string of the molecule is CON(S(=O)(=O)c1cc(C(F)(F)F)cc(C(F)(F)F)c1)S(=O)(=O)C(F)(F)F. The molecular formula is C10H6F9NO5S2. The van der Waals surface area contributed by atoms with E-state index in [1.165, 1.54) is 0 Å². The molecule has 0 radical (unpaired) electrons. The van der Waals surface area contributed by atoms with Crippen molar-refractivity contribution < 1.29 is 61.2 Å². The molecule has 0 amide bonds. The zero-order valence-corrected chi connectivity index (χ0v) is 14.1. The summed E-state index contributed by atoms with van der Waals surface area (Å²) in [5.41, 5.74) is -10.7. The third-order valence-electron chi connectivity index (χ3n) is 2.69. The minimum Gasteiger partial charge on any atom is -0.273 e. The molecule has 0 N–H and O–H groups in total. The average molecular weight is 455 g/mol. The quantitative estimate of drug-likeness (QED) is 0.515. The highest BCUT2D eigenvalue weighted by atomic mass is 32.3. The molecule has 0 aliphatic carbocycles. The molecule has 0 bridgehead atoms. The van der Waals surface area contributed by atoms with Crippen LogP contribution in [0.3, 0.4) is 0 Å². The van der Waals surface area contributed by atoms with Gasteiger partial charge in [0, 0.05) is 3.87 Å². The second kappa shape index (κ2) is 6.78. The molecule has 156 valence electrons. The Labute approximate surface area is 145 Å². The van der Waals surface area contributed by atoms with Gasteiger partial charge in [-0.15, -0.1) is 0 Å². The van der Waals surface area contributed by atoms with Crippen molar-refractivity contribution in [2.45, 2.75) is 22.8 Å². The Balaban J connectivity index is 3.82. The van der Waals surface area contributed by atoms with Crippen LogP contribution in [0.4, 0.5) is 39.5 Å². The third-order valence-corrected chi connectivity index (χ3v) is 6.37. The highest BCUT2D eigenvalue weighted by Crippen LogP contribution is 2.39. The lowest BCUT2D eigenvalue weighted by Gasteiger charge is -2.21. The number of alkyl halides is 9. The summed E-state index contributed by atoms with van der Waals surface area (Å²) in [4.78, 5) is 1.54. The van der Waals surface area contributed by atoms with Gasteiger partial charge < -0.3 is 0 Å². The van der Waals surface area contributed by atoms with Gasteiger partial charge in [0.2, 0.25) is 0 Å². The second-order valence-corrected chi connectivity index (χ2v) is 8.27. The third kappa shape index (κ3) is 4.64. The van der Waals surface area contributed by atoms with Gasteiger partial charge in [-0.3, -0.25) is 4.84 Å². The lowest BCUT2D eigenvalue weighted by atomic mass is 10.1. The molecule has 0 unspecified atom stereocenters. The topological polar surface area (TPSA) is 80.8 Å². The van der Waals surface area contributed by atoms with E-state index in [9.17, 15) is 56.3 Å². The molecule has 1 aromatic carbocycles. The highest BCUT2D eigenvalue weighted by Gasteiger charge is 2.56. The standard InChI is InChI=1S/C10H6F9NO5S2/c1-25-20(27(23,24)10(17,18)19)26(21,22)7-3-5(8(11,12)13)2-6(4-7)9(14,15)16/h2-4H,1H3. The van der Waals surface area contributed by atoms with E-state index in [0.717, 1.165) is 0 Å². The number of nitrogens with zero attached hydrogens (tertiary/aromatic N) is 1. The van der Waals surface area contributed by atoms with E-state index in [4.69, 9.17) is 0 Å². The molecule has 0 saturated carbocycles. The minimum absolute atomic E-state index is 0.0963. The molecule has 0 aliphatic heterocycles. The van der Waals surface area contributed by atoms with Gasteiger partial charge in [-0.2, -0.15) is 47.9 Å². The predicted molar refractivity (Wildman–Crippen MR) is 67.5 cm³/mol. The minimum atomic E-state index is -6.83. The summed E-state index contributed by atoms with van der Waals surface area (Å²) >= 11 is 0. The summed E-state index contributed by atoms with van der Waals surface area (Å²) in [5, 5.41) is 0. The number of hydrogen-bond donors (Lipinski definition) is 0. The van der Waals surface area contributed by atoms with Gasteiger partial charge in [0.05, 0.1) is 23.1 Å². The van der Waals surface area contributed by atoms with E-state index < -0.39 is 76.0 Å². The van der Waals surface area contributed by atoms with Gasteiger partial charge in [0.1, 0.15) is 0 Å². The van der Waals surface area contributed by atoms with Crippen molar-refractivity contribution in [2.75, 3.05) is 7.11 Å². The van der Waals surface area contributed by atoms with Crippen molar-refractivity contribution in [3.05, 3.63) is 29.3 Å². The highest BCUT2D eigenvalue weighted by molar-refractivity contribution is 8.04. The van der Waals surface area contributed by atoms with E-state index in [1.807, 2.05) is 0 Å². The second-order valence-electron chi connectivity index (χ2n) is 4.54. The van der Waals surface area contributed by atoms with Crippen LogP contribution in [0.2, 0.25) is 0 Å². The Bertz CT molecular complexity index is 884. The van der Waals surface area contributed by atoms with Crippen LogP contribution in [-0.2, 0) is 37.2 Å². The molecule has 0 atom stereocenters. The zero-order chi connectivity index (χ0) is 21.6. The summed E-state index contributed by atoms with van der Waals surface area (Å²) < 4.78 is 159. The molecule has 0 spiro atoms. The van der Waals surface area contributed by atoms with Crippen molar-refractivity contribution in [3.63, 3.8) is 0 Å². The molecule has 0 heterocycles. The van der Waals surface area contributed by atoms with E-state index >= 15 is 0 Å². The Morgan fingerprint density at radius 3 is 1.41 bits per heavy atom. The van der Waals surface area contributed by atoms with Gasteiger partial charge in [-0.25, -0.2) is 8.42 Å². The van der Waals surface area contributed by atoms with Crippen LogP contribution in [0.25, 0.3) is 0 Å². The van der Waals surface area contributed by atoms with E-state index in [2.05, 4.69) is 4.84 Å². The van der Waals surface area contributed by atoms with Crippen molar-refractivity contribution in [1.29, 1.82) is 0 Å². The van der Waals surface area contributed by atoms with E-state index in [0.29, 0.717) is 0 Å². The Hall–Kier alpha value is -1.59. The van der Waals surface area contributed by atoms with E-state index in [-0.39, 0.29) is 7.11 Å². The molecule has 17 heteroatoms. The molecular weight excluding hydrogens is 449 g/mol. The van der Waals surface area contributed by atoms with Crippen molar-refractivity contribution >= 4 is 20.0 Å². The largest absolute Gasteiger partial charge is 0.514 e. The van der Waals surface area contributed by atoms with Crippen molar-refractivity contribution in [1.82, 2.24) is 3.87 Å². The van der Waals surface area contributed by atoms with Gasteiger partial charge in [0.15, 0.2) is 0 Å². The zero-order valence-electron chi connectivity index (χ0n) is 12.4. The summed E-state index contributed by atoms with van der Waals surface area (Å²) in [6.07, 6.45) is -11.1. The fraction of sp³-hybridized carbons (Fsp3) is 0.400. The first-order chi connectivity index (χ1) is 11.8. The monoisotopic (exact) mass is 455 g/mol. The van der Waals surface area contributed by atoms with Gasteiger partial charge in [-0.1, -0.05) is 0 Å². The Kier molecular flexibility index (Phi) is 5.89. The number of halogens is 9. The molecule has 0 saturated heterocycles. The number of sulfonamides is 2. The molecule has 6 nitrogen and oxygen atoms in total. The van der Waals surface area contributed by atoms with Gasteiger partial charge in [0.25, 0.3) is 10.0 Å². The summed E-state index contributed by atoms with van der Waals surface area (Å²) in [5.74, 6) is 0. The first kappa shape index (κ1) is 23.4. The first-order valence-corrected chi connectivity index (χ1v) is 8.84. The molecule has 0 fully saturated rings. The van der Waals surface area contributed by atoms with Crippen LogP contribution in [-0.4, -0.2) is 33.3 Å². The van der Waals surface area contributed by atoms with Crippen LogP contribution >= 0.6 is 0 Å². The number of hydrogen-bond acceptors (Lipinski definition) is 5. The van der Waals surface area contributed by atoms with Crippen LogP contribution in [0.15, 0.2) is 23.1 Å². The van der Waals surface area contributed by atoms with Gasteiger partial charge in [-0.05, 0) is 18.2 Å². The van der Waals surface area contributed by atoms with Gasteiger partial charge >= 0.3 is 27.9 Å². The normalized spacial score (nSPS) is 14.6. The average Bonchev–Trinajstić information content (AvgIpc) is 2.43. The van der Waals surface area contributed by atoms with Crippen LogP contribution in [0.5, 0.6) is 0 Å². The lowest BCUT2D eigenvalue weighted by Crippen LogP contribution is -2.43. The van der Waals surface area contributed by atoms with Crippen LogP contribution < -0.4 is 0 Å². The lowest BCUT2D eigenvalue weighted by molar-refractivity contribution is -0.143. The molecule has 1 rings (SSSR count). The Morgan fingerprint density at radius 1 is 0.778 bits per heavy atom. The molecule has 0 aliphatic rings. The molecule has 27 heavy (non-hydrogen) atoms. The number of rotatable bonds is 4. The number of benzene rings is 1. The van der Waals surface area contributed by atoms with E-state index in [1.54, 1.807) is 0 Å². The first-order valence-electron chi connectivity index (χ1n) is 5.96. The summed E-state index contributed by atoms with van der Waals surface area (Å²) in [7, 11) is -12.9. The smallest absolute Gasteiger partial charge is 0.273 e. The predicted octanol–water partition coefficient (Wildman–Crippen LogP) is 3.13. The molecule has 0 aromatic heterocycles. The summed E-state index contributed by atoms with van der Waals surface area (Å²) in [6, 6.07) is -1.45. The summed E-state index contributed by atoms with van der Waals surface area (Å²) in [6.45, 7) is 0. The maximum Gasteiger partial charge on any atom is 0.514 e. The van der Waals surface area contributed by atoms with Crippen molar-refractivity contribution in [3.8, 4) is 0 Å². The maximum absolute atomic E-state index is 12.7.